The number of aryl methyl sites for hydroxylation is 1. The van der Waals surface area contributed by atoms with Gasteiger partial charge in [-0.05, 0) is 35.8 Å². The molecular formula is C21H17F3N2OS. The SMILES string of the molecule is CCc1ccc(-c2csc(NC(=O)C=Cc3cccc(C(F)(F)F)c3)n2)cc1. The zero-order valence-electron chi connectivity index (χ0n) is 15.0. The summed E-state index contributed by atoms with van der Waals surface area (Å²) in [5, 5.41) is 4.89. The Kier molecular flexibility index (Phi) is 5.94. The maximum Gasteiger partial charge on any atom is 0.416 e. The van der Waals surface area contributed by atoms with E-state index in [-0.39, 0.29) is 0 Å². The average molecular weight is 402 g/mol. The molecule has 0 fully saturated rings. The largest absolute Gasteiger partial charge is 0.416 e. The lowest BCUT2D eigenvalue weighted by Crippen LogP contribution is -2.07. The lowest BCUT2D eigenvalue weighted by Gasteiger charge is -2.06. The second-order valence-corrected chi connectivity index (χ2v) is 6.89. The summed E-state index contributed by atoms with van der Waals surface area (Å²) in [6, 6.07) is 12.8. The molecule has 0 unspecified atom stereocenters. The summed E-state index contributed by atoms with van der Waals surface area (Å²) in [6.45, 7) is 2.08. The quantitative estimate of drug-likeness (QED) is 0.529. The Balaban J connectivity index is 1.65. The van der Waals surface area contributed by atoms with E-state index in [2.05, 4.69) is 17.2 Å². The van der Waals surface area contributed by atoms with E-state index in [1.165, 1.54) is 41.2 Å². The van der Waals surface area contributed by atoms with Crippen LogP contribution < -0.4 is 5.32 Å². The first-order chi connectivity index (χ1) is 13.3. The Hall–Kier alpha value is -2.93. The summed E-state index contributed by atoms with van der Waals surface area (Å²) in [6.07, 6.45) is -0.940. The number of halogens is 3. The smallest absolute Gasteiger partial charge is 0.298 e. The molecule has 28 heavy (non-hydrogen) atoms. The first-order valence-electron chi connectivity index (χ1n) is 8.56. The number of thiazole rings is 1. The number of carbonyl (C=O) groups is 1. The molecule has 0 spiro atoms. The summed E-state index contributed by atoms with van der Waals surface area (Å²) < 4.78 is 38.2. The van der Waals surface area contributed by atoms with Crippen molar-refractivity contribution in [2.24, 2.45) is 0 Å². The minimum absolute atomic E-state index is 0.292. The van der Waals surface area contributed by atoms with Gasteiger partial charge in [-0.2, -0.15) is 13.2 Å². The monoisotopic (exact) mass is 402 g/mol. The molecule has 0 aliphatic heterocycles. The molecule has 1 aromatic heterocycles. The number of carbonyl (C=O) groups excluding carboxylic acids is 1. The fourth-order valence-electron chi connectivity index (χ4n) is 2.51. The van der Waals surface area contributed by atoms with Gasteiger partial charge < -0.3 is 0 Å². The van der Waals surface area contributed by atoms with Crippen LogP contribution in [-0.2, 0) is 17.4 Å². The number of alkyl halides is 3. The van der Waals surface area contributed by atoms with Gasteiger partial charge in [-0.25, -0.2) is 4.98 Å². The summed E-state index contributed by atoms with van der Waals surface area (Å²) in [4.78, 5) is 16.4. The fraction of sp³-hybridized carbons (Fsp3) is 0.143. The highest BCUT2D eigenvalue weighted by molar-refractivity contribution is 7.14. The molecule has 0 radical (unpaired) electrons. The fourth-order valence-corrected chi connectivity index (χ4v) is 3.24. The summed E-state index contributed by atoms with van der Waals surface area (Å²) in [5.41, 5.74) is 2.47. The number of nitrogens with one attached hydrogen (secondary N) is 1. The standard InChI is InChI=1S/C21H17F3N2OS/c1-2-14-6-9-16(10-7-14)18-13-28-20(25-18)26-19(27)11-8-15-4-3-5-17(12-15)21(22,23)24/h3-13H,2H2,1H3,(H,25,26,27). The highest BCUT2D eigenvalue weighted by atomic mass is 32.1. The van der Waals surface area contributed by atoms with Crippen molar-refractivity contribution in [2.75, 3.05) is 5.32 Å². The average Bonchev–Trinajstić information content (AvgIpc) is 3.14. The predicted octanol–water partition coefficient (Wildman–Crippen LogP) is 6.04. The molecule has 1 N–H and O–H groups in total. The first kappa shape index (κ1) is 19.8. The van der Waals surface area contributed by atoms with Crippen LogP contribution in [0.2, 0.25) is 0 Å². The molecule has 3 nitrogen and oxygen atoms in total. The van der Waals surface area contributed by atoms with Crippen molar-refractivity contribution in [1.29, 1.82) is 0 Å². The zero-order valence-corrected chi connectivity index (χ0v) is 15.8. The molecule has 2 aromatic carbocycles. The van der Waals surface area contributed by atoms with Crippen LogP contribution in [0.3, 0.4) is 0 Å². The van der Waals surface area contributed by atoms with Crippen LogP contribution in [0.15, 0.2) is 60.0 Å². The summed E-state index contributed by atoms with van der Waals surface area (Å²) >= 11 is 1.28. The van der Waals surface area contributed by atoms with E-state index in [0.717, 1.165) is 29.8 Å². The van der Waals surface area contributed by atoms with E-state index in [4.69, 9.17) is 0 Å². The molecule has 0 atom stereocenters. The molecule has 3 aromatic rings. The van der Waals surface area contributed by atoms with Crippen LogP contribution in [0.1, 0.15) is 23.6 Å². The normalized spacial score (nSPS) is 11.7. The Labute approximate surface area is 164 Å². The summed E-state index contributed by atoms with van der Waals surface area (Å²) in [7, 11) is 0. The van der Waals surface area contributed by atoms with Crippen molar-refractivity contribution >= 4 is 28.5 Å². The van der Waals surface area contributed by atoms with Crippen LogP contribution in [0.25, 0.3) is 17.3 Å². The first-order valence-corrected chi connectivity index (χ1v) is 9.44. The number of aromatic nitrogens is 1. The number of hydrogen-bond acceptors (Lipinski definition) is 3. The van der Waals surface area contributed by atoms with Crippen LogP contribution in [-0.4, -0.2) is 10.9 Å². The van der Waals surface area contributed by atoms with Crippen molar-refractivity contribution < 1.29 is 18.0 Å². The highest BCUT2D eigenvalue weighted by Gasteiger charge is 2.30. The third-order valence-electron chi connectivity index (χ3n) is 4.03. The van der Waals surface area contributed by atoms with Crippen molar-refractivity contribution in [1.82, 2.24) is 4.98 Å². The third-order valence-corrected chi connectivity index (χ3v) is 4.79. The van der Waals surface area contributed by atoms with Gasteiger partial charge in [0.2, 0.25) is 5.91 Å². The molecular weight excluding hydrogens is 385 g/mol. The Morgan fingerprint density at radius 2 is 1.93 bits per heavy atom. The van der Waals surface area contributed by atoms with E-state index in [1.54, 1.807) is 0 Å². The number of rotatable bonds is 5. The van der Waals surface area contributed by atoms with Crippen molar-refractivity contribution in [3.63, 3.8) is 0 Å². The van der Waals surface area contributed by atoms with Gasteiger partial charge in [0.15, 0.2) is 5.13 Å². The van der Waals surface area contributed by atoms with Gasteiger partial charge in [0, 0.05) is 17.0 Å². The van der Waals surface area contributed by atoms with E-state index in [1.807, 2.05) is 29.6 Å². The minimum Gasteiger partial charge on any atom is -0.298 e. The van der Waals surface area contributed by atoms with Gasteiger partial charge in [0.05, 0.1) is 11.3 Å². The minimum atomic E-state index is -4.42. The lowest BCUT2D eigenvalue weighted by atomic mass is 10.1. The molecule has 0 saturated heterocycles. The second-order valence-electron chi connectivity index (χ2n) is 6.03. The van der Waals surface area contributed by atoms with Crippen LogP contribution in [0.5, 0.6) is 0 Å². The van der Waals surface area contributed by atoms with Crippen LogP contribution >= 0.6 is 11.3 Å². The van der Waals surface area contributed by atoms with E-state index >= 15 is 0 Å². The Morgan fingerprint density at radius 3 is 2.61 bits per heavy atom. The van der Waals surface area contributed by atoms with Crippen LogP contribution in [0, 0.1) is 0 Å². The van der Waals surface area contributed by atoms with Crippen molar-refractivity contribution in [3.8, 4) is 11.3 Å². The third kappa shape index (κ3) is 5.07. The van der Waals surface area contributed by atoms with E-state index in [0.29, 0.717) is 10.7 Å². The molecule has 0 aliphatic carbocycles. The molecule has 3 rings (SSSR count). The van der Waals surface area contributed by atoms with Crippen LogP contribution in [0.4, 0.5) is 18.3 Å². The van der Waals surface area contributed by atoms with Gasteiger partial charge in [-0.15, -0.1) is 11.3 Å². The molecule has 1 amide bonds. The topological polar surface area (TPSA) is 42.0 Å². The van der Waals surface area contributed by atoms with Gasteiger partial charge in [0.25, 0.3) is 0 Å². The molecule has 144 valence electrons. The number of benzene rings is 2. The number of nitrogens with zero attached hydrogens (tertiary/aromatic N) is 1. The van der Waals surface area contributed by atoms with Gasteiger partial charge in [0.1, 0.15) is 0 Å². The van der Waals surface area contributed by atoms with E-state index < -0.39 is 17.6 Å². The molecule has 0 aliphatic rings. The lowest BCUT2D eigenvalue weighted by molar-refractivity contribution is -0.137. The van der Waals surface area contributed by atoms with Gasteiger partial charge in [-0.1, -0.05) is 43.3 Å². The van der Waals surface area contributed by atoms with Gasteiger partial charge in [-0.3, -0.25) is 10.1 Å². The number of hydrogen-bond donors (Lipinski definition) is 1. The van der Waals surface area contributed by atoms with Gasteiger partial charge >= 0.3 is 6.18 Å². The zero-order chi connectivity index (χ0) is 20.1. The highest BCUT2D eigenvalue weighted by Crippen LogP contribution is 2.30. The van der Waals surface area contributed by atoms with Crippen molar-refractivity contribution in [2.45, 2.75) is 19.5 Å². The maximum atomic E-state index is 12.7. The van der Waals surface area contributed by atoms with E-state index in [9.17, 15) is 18.0 Å². The maximum absolute atomic E-state index is 12.7. The molecule has 0 saturated carbocycles. The van der Waals surface area contributed by atoms with Crippen molar-refractivity contribution in [3.05, 3.63) is 76.7 Å². The number of amides is 1. The number of anilines is 1. The second kappa shape index (κ2) is 8.39. The Bertz CT molecular complexity index is 991. The predicted molar refractivity (Wildman–Crippen MR) is 106 cm³/mol. The Morgan fingerprint density at radius 1 is 1.18 bits per heavy atom. The molecule has 7 heteroatoms. The molecule has 1 heterocycles. The summed E-state index contributed by atoms with van der Waals surface area (Å²) in [5.74, 6) is -0.459. The molecule has 0 bridgehead atoms.